The molecule has 10 heteroatoms. The second kappa shape index (κ2) is 7.62. The number of nitro benzene ring substituents is 1. The van der Waals surface area contributed by atoms with Crippen LogP contribution in [-0.2, 0) is 25.7 Å². The van der Waals surface area contributed by atoms with Gasteiger partial charge >= 0.3 is 11.9 Å². The number of hydrogen-bond donors (Lipinski definition) is 1. The number of thioether (sulfide) groups is 1. The zero-order valence-corrected chi connectivity index (χ0v) is 14.7. The Morgan fingerprint density at radius 2 is 2.07 bits per heavy atom. The van der Waals surface area contributed by atoms with Gasteiger partial charge in [-0.2, -0.15) is 0 Å². The Morgan fingerprint density at radius 3 is 2.67 bits per heavy atom. The molecular weight excluding hydrogens is 376 g/mol. The van der Waals surface area contributed by atoms with Crippen molar-refractivity contribution in [2.24, 2.45) is 0 Å². The van der Waals surface area contributed by atoms with Crippen molar-refractivity contribution in [1.29, 1.82) is 0 Å². The van der Waals surface area contributed by atoms with Crippen molar-refractivity contribution in [1.82, 2.24) is 4.90 Å². The quantitative estimate of drug-likeness (QED) is 0.325. The molecule has 0 spiro atoms. The highest BCUT2D eigenvalue weighted by atomic mass is 32.2. The van der Waals surface area contributed by atoms with Crippen molar-refractivity contribution in [3.8, 4) is 0 Å². The molecule has 27 heavy (non-hydrogen) atoms. The minimum atomic E-state index is -1.00. The molecule has 2 aliphatic heterocycles. The van der Waals surface area contributed by atoms with Crippen molar-refractivity contribution in [2.45, 2.75) is 24.8 Å². The van der Waals surface area contributed by atoms with Crippen LogP contribution in [0.4, 0.5) is 5.69 Å². The number of amides is 1. The Hall–Kier alpha value is -3.14. The molecule has 0 saturated carbocycles. The smallest absolute Gasteiger partial charge is 0.356 e. The van der Waals surface area contributed by atoms with E-state index in [1.807, 2.05) is 0 Å². The van der Waals surface area contributed by atoms with Crippen LogP contribution in [0.3, 0.4) is 0 Å². The molecule has 1 fully saturated rings. The Morgan fingerprint density at radius 1 is 1.37 bits per heavy atom. The van der Waals surface area contributed by atoms with Crippen LogP contribution in [-0.4, -0.2) is 38.1 Å². The molecule has 1 amide bonds. The summed E-state index contributed by atoms with van der Waals surface area (Å²) in [5.41, 5.74) is 0.597. The monoisotopic (exact) mass is 390 g/mol. The van der Waals surface area contributed by atoms with E-state index in [1.165, 1.54) is 53.1 Å². The average molecular weight is 390 g/mol. The molecule has 0 radical (unpaired) electrons. The summed E-state index contributed by atoms with van der Waals surface area (Å²) in [5.74, 6) is -1.90. The molecule has 1 N–H and O–H groups in total. The van der Waals surface area contributed by atoms with Gasteiger partial charge in [0.25, 0.3) is 5.69 Å². The molecule has 0 aliphatic carbocycles. The van der Waals surface area contributed by atoms with E-state index >= 15 is 0 Å². The highest BCUT2D eigenvalue weighted by Crippen LogP contribution is 2.46. The molecule has 140 valence electrons. The maximum atomic E-state index is 12.5. The fourth-order valence-electron chi connectivity index (χ4n) is 2.59. The third-order valence-electron chi connectivity index (χ3n) is 3.92. The molecule has 1 saturated heterocycles. The van der Waals surface area contributed by atoms with E-state index in [0.717, 1.165) is 0 Å². The van der Waals surface area contributed by atoms with Crippen LogP contribution in [0, 0.1) is 10.1 Å². The summed E-state index contributed by atoms with van der Waals surface area (Å²) >= 11 is 1.31. The predicted molar refractivity (Wildman–Crippen MR) is 94.2 cm³/mol. The summed E-state index contributed by atoms with van der Waals surface area (Å²) < 4.78 is 5.25. The summed E-state index contributed by atoms with van der Waals surface area (Å²) in [7, 11) is 0. The van der Waals surface area contributed by atoms with E-state index in [4.69, 9.17) is 9.84 Å². The van der Waals surface area contributed by atoms with Crippen molar-refractivity contribution in [3.63, 3.8) is 0 Å². The lowest BCUT2D eigenvalue weighted by molar-refractivity contribution is -0.384. The SMILES string of the molecule is O=C(O)CC=CC1=C(C(=O)OCc2ccc([N+](=O)[O-])cc2)N2C(=O)C[C@H]2S1. The summed E-state index contributed by atoms with van der Waals surface area (Å²) in [6, 6.07) is 5.58. The zero-order valence-electron chi connectivity index (χ0n) is 13.9. The number of carboxylic acids is 1. The predicted octanol–water partition coefficient (Wildman–Crippen LogP) is 2.19. The largest absolute Gasteiger partial charge is 0.481 e. The van der Waals surface area contributed by atoms with Gasteiger partial charge in [0.15, 0.2) is 0 Å². The molecule has 2 heterocycles. The molecule has 9 nitrogen and oxygen atoms in total. The fraction of sp³-hybridized carbons (Fsp3) is 0.235. The molecule has 0 aromatic heterocycles. The molecule has 2 aliphatic rings. The van der Waals surface area contributed by atoms with Crippen LogP contribution >= 0.6 is 11.8 Å². The van der Waals surface area contributed by atoms with Crippen LogP contribution in [0.5, 0.6) is 0 Å². The van der Waals surface area contributed by atoms with E-state index in [2.05, 4.69) is 0 Å². The highest BCUT2D eigenvalue weighted by molar-refractivity contribution is 8.04. The Labute approximate surface area is 157 Å². The number of β-lactam (4-membered cyclic amide) rings is 1. The Kier molecular flexibility index (Phi) is 5.26. The lowest BCUT2D eigenvalue weighted by Crippen LogP contribution is -2.48. The summed E-state index contributed by atoms with van der Waals surface area (Å²) in [6.07, 6.45) is 3.02. The minimum Gasteiger partial charge on any atom is -0.481 e. The molecule has 1 aromatic rings. The molecule has 3 rings (SSSR count). The first-order valence-corrected chi connectivity index (χ1v) is 8.76. The number of esters is 1. The number of rotatable bonds is 7. The number of ether oxygens (including phenoxy) is 1. The van der Waals surface area contributed by atoms with Crippen molar-refractivity contribution < 1.29 is 29.2 Å². The topological polar surface area (TPSA) is 127 Å². The molecule has 0 unspecified atom stereocenters. The van der Waals surface area contributed by atoms with Crippen LogP contribution in [0.1, 0.15) is 18.4 Å². The van der Waals surface area contributed by atoms with E-state index in [9.17, 15) is 24.5 Å². The third kappa shape index (κ3) is 4.00. The standard InChI is InChI=1S/C17H14N2O7S/c20-13-8-14-18(13)16(12(27-14)2-1-3-15(21)22)17(23)26-9-10-4-6-11(7-5-10)19(24)25/h1-2,4-7,14H,3,8-9H2,(H,21,22)/t14-/m1/s1. The number of aliphatic carboxylic acids is 1. The first-order chi connectivity index (χ1) is 12.9. The molecule has 1 aromatic carbocycles. The van der Waals surface area contributed by atoms with E-state index in [0.29, 0.717) is 16.9 Å². The van der Waals surface area contributed by atoms with Gasteiger partial charge in [0.05, 0.1) is 23.1 Å². The van der Waals surface area contributed by atoms with Gasteiger partial charge < -0.3 is 9.84 Å². The minimum absolute atomic E-state index is 0.0696. The van der Waals surface area contributed by atoms with Crippen molar-refractivity contribution in [2.75, 3.05) is 0 Å². The number of allylic oxidation sites excluding steroid dienone is 1. The van der Waals surface area contributed by atoms with E-state index in [-0.39, 0.29) is 35.7 Å². The van der Waals surface area contributed by atoms with E-state index in [1.54, 1.807) is 0 Å². The normalized spacial score (nSPS) is 18.4. The van der Waals surface area contributed by atoms with Crippen LogP contribution < -0.4 is 0 Å². The van der Waals surface area contributed by atoms with Crippen LogP contribution in [0.2, 0.25) is 0 Å². The second-order valence-electron chi connectivity index (χ2n) is 5.75. The molecule has 0 bridgehead atoms. The molecular formula is C17H14N2O7S. The maximum absolute atomic E-state index is 12.5. The van der Waals surface area contributed by atoms with Crippen LogP contribution in [0.25, 0.3) is 0 Å². The van der Waals surface area contributed by atoms with Gasteiger partial charge in [-0.3, -0.25) is 24.6 Å². The maximum Gasteiger partial charge on any atom is 0.356 e. The zero-order chi connectivity index (χ0) is 19.6. The highest BCUT2D eigenvalue weighted by Gasteiger charge is 2.48. The van der Waals surface area contributed by atoms with Gasteiger partial charge in [0.1, 0.15) is 12.3 Å². The number of benzene rings is 1. The van der Waals surface area contributed by atoms with E-state index < -0.39 is 16.9 Å². The lowest BCUT2D eigenvalue weighted by atomic mass is 10.1. The summed E-state index contributed by atoms with van der Waals surface area (Å²) in [4.78, 5) is 46.9. The fourth-order valence-corrected chi connectivity index (χ4v) is 3.90. The second-order valence-corrected chi connectivity index (χ2v) is 6.97. The van der Waals surface area contributed by atoms with Crippen LogP contribution in [0.15, 0.2) is 47.0 Å². The average Bonchev–Trinajstić information content (AvgIpc) is 2.92. The number of fused-ring (bicyclic) bond motifs is 1. The van der Waals surface area contributed by atoms with Gasteiger partial charge in [-0.05, 0) is 23.8 Å². The number of non-ortho nitro benzene ring substituents is 1. The number of carboxylic acid groups (broad SMARTS) is 1. The first kappa shape index (κ1) is 18.6. The van der Waals surface area contributed by atoms with Gasteiger partial charge in [0, 0.05) is 17.0 Å². The Bertz CT molecular complexity index is 876. The van der Waals surface area contributed by atoms with Gasteiger partial charge in [-0.1, -0.05) is 17.8 Å². The van der Waals surface area contributed by atoms with Crippen molar-refractivity contribution in [3.05, 3.63) is 62.7 Å². The number of hydrogen-bond acceptors (Lipinski definition) is 7. The lowest BCUT2D eigenvalue weighted by Gasteiger charge is -2.34. The summed E-state index contributed by atoms with van der Waals surface area (Å²) in [6.45, 7) is -0.107. The van der Waals surface area contributed by atoms with Gasteiger partial charge in [-0.15, -0.1) is 0 Å². The van der Waals surface area contributed by atoms with Gasteiger partial charge in [0.2, 0.25) is 5.91 Å². The number of carbonyl (C=O) groups excluding carboxylic acids is 2. The van der Waals surface area contributed by atoms with Crippen molar-refractivity contribution >= 4 is 35.3 Å². The number of carbonyl (C=O) groups is 3. The van der Waals surface area contributed by atoms with Gasteiger partial charge in [-0.25, -0.2) is 4.79 Å². The number of nitrogens with zero attached hydrogens (tertiary/aromatic N) is 2. The first-order valence-electron chi connectivity index (χ1n) is 7.88. The number of nitro groups is 1. The third-order valence-corrected chi connectivity index (χ3v) is 5.15. The summed E-state index contributed by atoms with van der Waals surface area (Å²) in [5, 5.41) is 19.2. The molecule has 1 atom stereocenters. The Balaban J connectivity index is 1.71.